The topological polar surface area (TPSA) is 43.4 Å². The van der Waals surface area contributed by atoms with E-state index in [4.69, 9.17) is 4.74 Å². The molecule has 0 heterocycles. The lowest BCUT2D eigenvalue weighted by molar-refractivity contribution is -0.178. The zero-order valence-corrected chi connectivity index (χ0v) is 19.2. The molecule has 9 atom stereocenters. The summed E-state index contributed by atoms with van der Waals surface area (Å²) >= 11 is 0. The Hall–Kier alpha value is -1.64. The average Bonchev–Trinajstić information content (AvgIpc) is 3.07. The Kier molecular flexibility index (Phi) is 4.31. The van der Waals surface area contributed by atoms with Gasteiger partial charge in [-0.15, -0.1) is 0 Å². The Balaban J connectivity index is 1.26. The van der Waals surface area contributed by atoms with Crippen molar-refractivity contribution in [3.05, 3.63) is 35.9 Å². The van der Waals surface area contributed by atoms with E-state index in [1.807, 2.05) is 30.3 Å². The third-order valence-corrected chi connectivity index (χ3v) is 11.0. The lowest BCUT2D eigenvalue weighted by Crippen LogP contribution is -2.56. The van der Waals surface area contributed by atoms with Gasteiger partial charge in [0.1, 0.15) is 6.10 Å². The first-order valence-corrected chi connectivity index (χ1v) is 12.6. The van der Waals surface area contributed by atoms with Gasteiger partial charge in [0, 0.05) is 16.9 Å². The SMILES string of the molecule is CC1(C)[C@H]2CC[C@]1(C)[C@H](OC(=O)[C@H]1[C@H]3C[C@@H]4C[C@H](C3)[C@@H](C(=O)c3ccccc3)[C@H]1C4)C2. The van der Waals surface area contributed by atoms with Gasteiger partial charge in [-0.2, -0.15) is 0 Å². The van der Waals surface area contributed by atoms with Crippen LogP contribution < -0.4 is 0 Å². The minimum absolute atomic E-state index is 0.000179. The second-order valence-electron chi connectivity index (χ2n) is 12.3. The van der Waals surface area contributed by atoms with Crippen molar-refractivity contribution in [2.45, 2.75) is 71.8 Å². The summed E-state index contributed by atoms with van der Waals surface area (Å²) in [5.74, 6) is 2.65. The molecule has 7 rings (SSSR count). The molecule has 3 nitrogen and oxygen atoms in total. The highest BCUT2D eigenvalue weighted by Crippen LogP contribution is 2.67. The van der Waals surface area contributed by atoms with Gasteiger partial charge in [-0.25, -0.2) is 0 Å². The monoisotopic (exact) mass is 420 g/mol. The van der Waals surface area contributed by atoms with Crippen molar-refractivity contribution in [3.8, 4) is 0 Å². The molecule has 166 valence electrons. The van der Waals surface area contributed by atoms with Crippen molar-refractivity contribution in [1.82, 2.24) is 0 Å². The summed E-state index contributed by atoms with van der Waals surface area (Å²) in [6, 6.07) is 9.75. The number of ether oxygens (including phenoxy) is 1. The number of hydrogen-bond acceptors (Lipinski definition) is 3. The van der Waals surface area contributed by atoms with Crippen LogP contribution in [0.1, 0.15) is 76.1 Å². The summed E-state index contributed by atoms with van der Waals surface area (Å²) in [4.78, 5) is 27.2. The number of carbonyl (C=O) groups is 2. The van der Waals surface area contributed by atoms with E-state index < -0.39 is 0 Å². The molecule has 0 spiro atoms. The Bertz CT molecular complexity index is 904. The van der Waals surface area contributed by atoms with E-state index in [0.29, 0.717) is 23.7 Å². The second kappa shape index (κ2) is 6.68. The van der Waals surface area contributed by atoms with Crippen molar-refractivity contribution < 1.29 is 14.3 Å². The zero-order valence-electron chi connectivity index (χ0n) is 19.2. The highest BCUT2D eigenvalue weighted by molar-refractivity contribution is 5.98. The molecule has 3 heteroatoms. The Morgan fingerprint density at radius 2 is 1.61 bits per heavy atom. The highest BCUT2D eigenvalue weighted by Gasteiger charge is 2.64. The van der Waals surface area contributed by atoms with Gasteiger partial charge in [0.05, 0.1) is 5.92 Å². The number of rotatable bonds is 4. The van der Waals surface area contributed by atoms with E-state index in [1.165, 1.54) is 19.3 Å². The molecule has 0 N–H and O–H groups in total. The molecule has 6 fully saturated rings. The molecule has 31 heavy (non-hydrogen) atoms. The Morgan fingerprint density at radius 1 is 0.903 bits per heavy atom. The third kappa shape index (κ3) is 2.70. The normalized spacial score (nSPS) is 46.3. The average molecular weight is 421 g/mol. The zero-order chi connectivity index (χ0) is 21.5. The van der Waals surface area contributed by atoms with Crippen LogP contribution in [0.5, 0.6) is 0 Å². The van der Waals surface area contributed by atoms with Crippen molar-refractivity contribution >= 4 is 11.8 Å². The first kappa shape index (κ1) is 20.0. The van der Waals surface area contributed by atoms with Crippen LogP contribution in [0.15, 0.2) is 30.3 Å². The first-order valence-electron chi connectivity index (χ1n) is 12.6. The lowest BCUT2D eigenvalue weighted by Gasteiger charge is -2.57. The van der Waals surface area contributed by atoms with Crippen LogP contribution in [0.3, 0.4) is 0 Å². The van der Waals surface area contributed by atoms with Crippen LogP contribution in [0.4, 0.5) is 0 Å². The van der Waals surface area contributed by atoms with Crippen LogP contribution in [-0.4, -0.2) is 17.9 Å². The predicted octanol–water partition coefficient (Wildman–Crippen LogP) is 5.93. The fourth-order valence-corrected chi connectivity index (χ4v) is 9.01. The third-order valence-electron chi connectivity index (χ3n) is 11.0. The van der Waals surface area contributed by atoms with Crippen LogP contribution in [0.2, 0.25) is 0 Å². The standard InChI is InChI=1S/C28H36O3/c1-27(2)20-9-10-28(27,3)22(15-20)31-26(30)24-19-12-16-11-18(14-19)23(21(24)13-16)25(29)17-7-5-4-6-8-17/h4-8,16,18-24H,9-15H2,1-3H3/t16-,18+,19-,20-,21+,22+,23+,24-,28+/m0/s1. The van der Waals surface area contributed by atoms with Gasteiger partial charge in [0.15, 0.2) is 5.78 Å². The molecule has 6 bridgehead atoms. The van der Waals surface area contributed by atoms with Crippen molar-refractivity contribution in [2.75, 3.05) is 0 Å². The van der Waals surface area contributed by atoms with Gasteiger partial charge in [-0.05, 0) is 80.0 Å². The van der Waals surface area contributed by atoms with Crippen LogP contribution in [0, 0.1) is 52.3 Å². The molecular weight excluding hydrogens is 384 g/mol. The maximum absolute atomic E-state index is 13.7. The summed E-state index contributed by atoms with van der Waals surface area (Å²) in [5.41, 5.74) is 1.15. The molecule has 6 aliphatic rings. The summed E-state index contributed by atoms with van der Waals surface area (Å²) in [6.07, 6.45) is 7.91. The van der Waals surface area contributed by atoms with Crippen molar-refractivity contribution in [1.29, 1.82) is 0 Å². The number of ketones is 1. The predicted molar refractivity (Wildman–Crippen MR) is 119 cm³/mol. The van der Waals surface area contributed by atoms with Gasteiger partial charge in [0.2, 0.25) is 0 Å². The second-order valence-corrected chi connectivity index (χ2v) is 12.3. The number of carbonyl (C=O) groups excluding carboxylic acids is 2. The molecule has 6 aliphatic carbocycles. The lowest BCUT2D eigenvalue weighted by atomic mass is 9.47. The summed E-state index contributed by atoms with van der Waals surface area (Å²) < 4.78 is 6.39. The summed E-state index contributed by atoms with van der Waals surface area (Å²) in [6.45, 7) is 7.09. The quantitative estimate of drug-likeness (QED) is 0.448. The van der Waals surface area contributed by atoms with Gasteiger partial charge in [0.25, 0.3) is 0 Å². The molecule has 0 aliphatic heterocycles. The molecule has 1 aromatic carbocycles. The summed E-state index contributed by atoms with van der Waals surface area (Å²) in [7, 11) is 0. The number of hydrogen-bond donors (Lipinski definition) is 0. The maximum Gasteiger partial charge on any atom is 0.309 e. The van der Waals surface area contributed by atoms with E-state index in [-0.39, 0.29) is 46.4 Å². The van der Waals surface area contributed by atoms with E-state index >= 15 is 0 Å². The molecule has 1 aromatic rings. The van der Waals surface area contributed by atoms with Crippen LogP contribution in [0.25, 0.3) is 0 Å². The smallest absolute Gasteiger partial charge is 0.309 e. The first-order chi connectivity index (χ1) is 14.8. The minimum Gasteiger partial charge on any atom is -0.462 e. The molecule has 0 radical (unpaired) electrons. The van der Waals surface area contributed by atoms with Gasteiger partial charge in [-0.3, -0.25) is 9.59 Å². The molecule has 0 saturated heterocycles. The number of esters is 1. The molecule has 0 amide bonds. The fraction of sp³-hybridized carbons (Fsp3) is 0.714. The van der Waals surface area contributed by atoms with Gasteiger partial charge in [-0.1, -0.05) is 51.1 Å². The molecular formula is C28H36O3. The van der Waals surface area contributed by atoms with Gasteiger partial charge >= 0.3 is 5.97 Å². The molecule has 0 aromatic heterocycles. The maximum atomic E-state index is 13.7. The minimum atomic E-state index is -0.0729. The van der Waals surface area contributed by atoms with E-state index in [2.05, 4.69) is 20.8 Å². The highest BCUT2D eigenvalue weighted by atomic mass is 16.5. The fourth-order valence-electron chi connectivity index (χ4n) is 9.01. The Labute approximate surface area is 186 Å². The summed E-state index contributed by atoms with van der Waals surface area (Å²) in [5, 5.41) is 0. The van der Waals surface area contributed by atoms with Crippen LogP contribution >= 0.6 is 0 Å². The Morgan fingerprint density at radius 3 is 2.26 bits per heavy atom. The number of Topliss-reactive ketones (excluding diaryl/α,β-unsaturated/α-hetero) is 1. The van der Waals surface area contributed by atoms with Crippen molar-refractivity contribution in [2.24, 2.45) is 52.3 Å². The van der Waals surface area contributed by atoms with E-state index in [0.717, 1.165) is 31.2 Å². The molecule has 6 saturated carbocycles. The van der Waals surface area contributed by atoms with E-state index in [1.54, 1.807) is 0 Å². The van der Waals surface area contributed by atoms with E-state index in [9.17, 15) is 9.59 Å². The molecule has 0 unspecified atom stereocenters. The van der Waals surface area contributed by atoms with Crippen LogP contribution in [-0.2, 0) is 9.53 Å². The number of fused-ring (bicyclic) bond motifs is 2. The van der Waals surface area contributed by atoms with Gasteiger partial charge < -0.3 is 4.74 Å². The largest absolute Gasteiger partial charge is 0.462 e. The van der Waals surface area contributed by atoms with Crippen molar-refractivity contribution in [3.63, 3.8) is 0 Å². The number of benzene rings is 1.